The number of carbonyl (C=O) groups is 1. The average Bonchev–Trinajstić information content (AvgIpc) is 3.30. The summed E-state index contributed by atoms with van der Waals surface area (Å²) in [6.07, 6.45) is 8.20. The quantitative estimate of drug-likeness (QED) is 0.595. The highest BCUT2D eigenvalue weighted by molar-refractivity contribution is 5.99. The van der Waals surface area contributed by atoms with Gasteiger partial charge in [-0.1, -0.05) is 0 Å². The lowest BCUT2D eigenvalue weighted by Gasteiger charge is -2.34. The normalized spacial score (nSPS) is 21.2. The van der Waals surface area contributed by atoms with E-state index in [1.807, 2.05) is 17.0 Å². The van der Waals surface area contributed by atoms with Crippen molar-refractivity contribution in [2.75, 3.05) is 23.3 Å². The second-order valence-electron chi connectivity index (χ2n) is 7.79. The van der Waals surface area contributed by atoms with E-state index in [0.29, 0.717) is 34.8 Å². The Balaban J connectivity index is 1.40. The van der Waals surface area contributed by atoms with Crippen molar-refractivity contribution in [1.82, 2.24) is 30.1 Å². The Bertz CT molecular complexity index is 1030. The van der Waals surface area contributed by atoms with Crippen molar-refractivity contribution in [3.63, 3.8) is 0 Å². The summed E-state index contributed by atoms with van der Waals surface area (Å²) >= 11 is 0. The number of anilines is 2. The fourth-order valence-electron chi connectivity index (χ4n) is 4.05. The summed E-state index contributed by atoms with van der Waals surface area (Å²) in [6.45, 7) is 0.986. The number of aromatic nitrogens is 6. The number of pyridine rings is 1. The molecule has 0 bridgehead atoms. The molecule has 0 aromatic carbocycles. The van der Waals surface area contributed by atoms with E-state index in [4.69, 9.17) is 4.98 Å². The summed E-state index contributed by atoms with van der Waals surface area (Å²) in [6, 6.07) is 3.75. The van der Waals surface area contributed by atoms with Crippen LogP contribution < -0.4 is 10.2 Å². The van der Waals surface area contributed by atoms with Crippen LogP contribution >= 0.6 is 0 Å². The van der Waals surface area contributed by atoms with Gasteiger partial charge in [0.25, 0.3) is 0 Å². The molecule has 0 saturated heterocycles. The SMILES string of the molecule is O=C1CN(CC2CCC(O)CC2)c2nc(-c3ccc(-c4nc[nH]n4)nc3)cnc2N1. The Morgan fingerprint density at radius 3 is 2.67 bits per heavy atom. The van der Waals surface area contributed by atoms with Crippen LogP contribution in [0.15, 0.2) is 30.9 Å². The first-order valence-corrected chi connectivity index (χ1v) is 10.1. The molecule has 1 saturated carbocycles. The Morgan fingerprint density at radius 2 is 1.93 bits per heavy atom. The van der Waals surface area contributed by atoms with Gasteiger partial charge in [-0.3, -0.25) is 14.9 Å². The molecule has 3 N–H and O–H groups in total. The minimum atomic E-state index is -0.197. The molecule has 30 heavy (non-hydrogen) atoms. The van der Waals surface area contributed by atoms with E-state index >= 15 is 0 Å². The van der Waals surface area contributed by atoms with Gasteiger partial charge in [0.1, 0.15) is 12.0 Å². The zero-order chi connectivity index (χ0) is 20.5. The van der Waals surface area contributed by atoms with Gasteiger partial charge >= 0.3 is 0 Å². The molecule has 3 aromatic heterocycles. The highest BCUT2D eigenvalue weighted by atomic mass is 16.3. The van der Waals surface area contributed by atoms with Gasteiger partial charge in [0.05, 0.1) is 24.5 Å². The lowest BCUT2D eigenvalue weighted by atomic mass is 9.87. The van der Waals surface area contributed by atoms with Gasteiger partial charge < -0.3 is 15.3 Å². The first kappa shape index (κ1) is 18.6. The molecule has 1 aliphatic heterocycles. The third-order valence-corrected chi connectivity index (χ3v) is 5.64. The van der Waals surface area contributed by atoms with E-state index in [1.54, 1.807) is 12.4 Å². The second-order valence-corrected chi connectivity index (χ2v) is 7.79. The molecule has 2 aliphatic rings. The van der Waals surface area contributed by atoms with Crippen molar-refractivity contribution in [3.05, 3.63) is 30.9 Å². The molecular weight excluding hydrogens is 384 g/mol. The summed E-state index contributed by atoms with van der Waals surface area (Å²) in [7, 11) is 0. The summed E-state index contributed by atoms with van der Waals surface area (Å²) in [5.74, 6) is 2.04. The van der Waals surface area contributed by atoms with E-state index in [2.05, 4.69) is 30.5 Å². The van der Waals surface area contributed by atoms with Crippen molar-refractivity contribution in [3.8, 4) is 22.8 Å². The van der Waals surface area contributed by atoms with Crippen LogP contribution in [0.4, 0.5) is 11.6 Å². The van der Waals surface area contributed by atoms with Gasteiger partial charge in [-0.2, -0.15) is 5.10 Å². The van der Waals surface area contributed by atoms with Gasteiger partial charge in [0.2, 0.25) is 5.91 Å². The number of nitrogens with one attached hydrogen (secondary N) is 2. The predicted octanol–water partition coefficient (Wildman–Crippen LogP) is 1.63. The van der Waals surface area contributed by atoms with Gasteiger partial charge in [-0.05, 0) is 43.7 Å². The van der Waals surface area contributed by atoms with Crippen LogP contribution in [0.2, 0.25) is 0 Å². The van der Waals surface area contributed by atoms with E-state index in [9.17, 15) is 9.90 Å². The van der Waals surface area contributed by atoms with E-state index in [-0.39, 0.29) is 18.6 Å². The lowest BCUT2D eigenvalue weighted by Crippen LogP contribution is -2.42. The zero-order valence-electron chi connectivity index (χ0n) is 16.3. The van der Waals surface area contributed by atoms with Gasteiger partial charge in [0, 0.05) is 18.3 Å². The lowest BCUT2D eigenvalue weighted by molar-refractivity contribution is -0.115. The third kappa shape index (κ3) is 3.73. The molecule has 3 aromatic rings. The number of aliphatic hydroxyl groups is 1. The zero-order valence-corrected chi connectivity index (χ0v) is 16.3. The minimum absolute atomic E-state index is 0.0853. The maximum atomic E-state index is 12.1. The number of carbonyl (C=O) groups excluding carboxylic acids is 1. The van der Waals surface area contributed by atoms with Crippen LogP contribution in [0.1, 0.15) is 25.7 Å². The largest absolute Gasteiger partial charge is 0.393 e. The number of aromatic amines is 1. The Morgan fingerprint density at radius 1 is 1.07 bits per heavy atom. The Hall–Kier alpha value is -3.40. The molecule has 10 nitrogen and oxygen atoms in total. The van der Waals surface area contributed by atoms with Gasteiger partial charge in [-0.25, -0.2) is 15.0 Å². The van der Waals surface area contributed by atoms with Crippen LogP contribution in [0.5, 0.6) is 0 Å². The summed E-state index contributed by atoms with van der Waals surface area (Å²) in [5, 5.41) is 19.3. The summed E-state index contributed by atoms with van der Waals surface area (Å²) < 4.78 is 0. The van der Waals surface area contributed by atoms with Crippen molar-refractivity contribution < 1.29 is 9.90 Å². The number of amides is 1. The molecule has 1 aliphatic carbocycles. The van der Waals surface area contributed by atoms with Gasteiger partial charge in [-0.15, -0.1) is 0 Å². The smallest absolute Gasteiger partial charge is 0.245 e. The predicted molar refractivity (Wildman–Crippen MR) is 109 cm³/mol. The van der Waals surface area contributed by atoms with Crippen LogP contribution in [0, 0.1) is 5.92 Å². The van der Waals surface area contributed by atoms with E-state index in [0.717, 1.165) is 37.8 Å². The fourth-order valence-corrected chi connectivity index (χ4v) is 4.05. The number of fused-ring (bicyclic) bond motifs is 1. The van der Waals surface area contributed by atoms with Crippen molar-refractivity contribution in [2.45, 2.75) is 31.8 Å². The minimum Gasteiger partial charge on any atom is -0.393 e. The molecular formula is C20H22N8O2. The first-order chi connectivity index (χ1) is 14.7. The number of hydrogen-bond acceptors (Lipinski definition) is 8. The highest BCUT2D eigenvalue weighted by Crippen LogP contribution is 2.32. The third-order valence-electron chi connectivity index (χ3n) is 5.64. The maximum Gasteiger partial charge on any atom is 0.245 e. The molecule has 1 amide bonds. The molecule has 154 valence electrons. The summed E-state index contributed by atoms with van der Waals surface area (Å²) in [5.41, 5.74) is 2.17. The first-order valence-electron chi connectivity index (χ1n) is 10.1. The molecule has 4 heterocycles. The van der Waals surface area contributed by atoms with Gasteiger partial charge in [0.15, 0.2) is 17.5 Å². The van der Waals surface area contributed by atoms with Crippen LogP contribution in [-0.2, 0) is 4.79 Å². The Labute approximate surface area is 172 Å². The topological polar surface area (TPSA) is 133 Å². The molecule has 0 unspecified atom stereocenters. The number of rotatable bonds is 4. The highest BCUT2D eigenvalue weighted by Gasteiger charge is 2.29. The molecule has 1 fully saturated rings. The molecule has 5 rings (SSSR count). The number of nitrogens with zero attached hydrogens (tertiary/aromatic N) is 6. The molecule has 10 heteroatoms. The standard InChI is InChI=1S/C20H22N8O2/c29-14-4-1-12(2-5-14)9-28-10-17(30)26-19-20(28)25-16(8-22-19)13-3-6-15(21-7-13)18-23-11-24-27-18/h3,6-8,11-12,14,29H,1-2,4-5,9-10H2,(H,22,26,30)(H,23,24,27). The number of H-pyrrole nitrogens is 1. The number of aliphatic hydroxyl groups excluding tert-OH is 1. The Kier molecular flexibility index (Phi) is 4.83. The maximum absolute atomic E-state index is 12.1. The molecule has 0 spiro atoms. The molecule has 0 atom stereocenters. The van der Waals surface area contributed by atoms with Crippen LogP contribution in [0.25, 0.3) is 22.8 Å². The number of hydrogen-bond donors (Lipinski definition) is 3. The van der Waals surface area contributed by atoms with Crippen LogP contribution in [0.3, 0.4) is 0 Å². The fraction of sp³-hybridized carbons (Fsp3) is 0.400. The van der Waals surface area contributed by atoms with Crippen molar-refractivity contribution >= 4 is 17.5 Å². The second kappa shape index (κ2) is 7.79. The van der Waals surface area contributed by atoms with Crippen molar-refractivity contribution in [1.29, 1.82) is 0 Å². The summed E-state index contributed by atoms with van der Waals surface area (Å²) in [4.78, 5) is 31.9. The average molecular weight is 406 g/mol. The monoisotopic (exact) mass is 406 g/mol. The van der Waals surface area contributed by atoms with E-state index < -0.39 is 0 Å². The molecule has 0 radical (unpaired) electrons. The van der Waals surface area contributed by atoms with Crippen LogP contribution in [-0.4, -0.2) is 60.3 Å². The van der Waals surface area contributed by atoms with Crippen molar-refractivity contribution in [2.24, 2.45) is 5.92 Å². The van der Waals surface area contributed by atoms with E-state index in [1.165, 1.54) is 6.33 Å².